The molecule has 21 heavy (non-hydrogen) atoms. The van der Waals surface area contributed by atoms with E-state index in [-0.39, 0.29) is 12.3 Å². The normalized spacial score (nSPS) is 10.2. The number of hydrogen-bond acceptors (Lipinski definition) is 4. The Morgan fingerprint density at radius 3 is 2.76 bits per heavy atom. The standard InChI is InChI=1S/C15H19N3O3/c1-18(10-11-8-16-17-9-11)15(19)6-12-4-5-13(20-2)7-14(12)21-3/h4-5,7-9H,6,10H2,1-3H3,(H,16,17). The van der Waals surface area contributed by atoms with Crippen LogP contribution >= 0.6 is 0 Å². The Hall–Kier alpha value is -2.50. The quantitative estimate of drug-likeness (QED) is 0.877. The van der Waals surface area contributed by atoms with Crippen molar-refractivity contribution in [3.05, 3.63) is 41.7 Å². The van der Waals surface area contributed by atoms with Gasteiger partial charge in [-0.25, -0.2) is 0 Å². The van der Waals surface area contributed by atoms with Crippen LogP contribution in [-0.4, -0.2) is 42.3 Å². The van der Waals surface area contributed by atoms with E-state index < -0.39 is 0 Å². The smallest absolute Gasteiger partial charge is 0.227 e. The zero-order chi connectivity index (χ0) is 15.2. The first-order chi connectivity index (χ1) is 10.1. The summed E-state index contributed by atoms with van der Waals surface area (Å²) in [7, 11) is 4.95. The number of amides is 1. The lowest BCUT2D eigenvalue weighted by Crippen LogP contribution is -2.27. The summed E-state index contributed by atoms with van der Waals surface area (Å²) in [4.78, 5) is 13.9. The summed E-state index contributed by atoms with van der Waals surface area (Å²) in [6, 6.07) is 5.45. The van der Waals surface area contributed by atoms with Gasteiger partial charge in [0.05, 0.1) is 26.8 Å². The van der Waals surface area contributed by atoms with Crippen LogP contribution in [0.15, 0.2) is 30.6 Å². The Morgan fingerprint density at radius 2 is 2.14 bits per heavy atom. The molecular weight excluding hydrogens is 270 g/mol. The molecule has 0 fully saturated rings. The molecule has 112 valence electrons. The molecule has 1 amide bonds. The lowest BCUT2D eigenvalue weighted by molar-refractivity contribution is -0.129. The van der Waals surface area contributed by atoms with E-state index in [9.17, 15) is 4.79 Å². The summed E-state index contributed by atoms with van der Waals surface area (Å²) in [5.74, 6) is 1.37. The fourth-order valence-electron chi connectivity index (χ4n) is 2.02. The molecule has 2 rings (SSSR count). The number of nitrogens with one attached hydrogen (secondary N) is 1. The van der Waals surface area contributed by atoms with Crippen LogP contribution in [0.3, 0.4) is 0 Å². The number of ether oxygens (including phenoxy) is 2. The molecule has 6 heteroatoms. The molecule has 0 spiro atoms. The van der Waals surface area contributed by atoms with Gasteiger partial charge < -0.3 is 14.4 Å². The van der Waals surface area contributed by atoms with Gasteiger partial charge in [-0.05, 0) is 6.07 Å². The Kier molecular flexibility index (Phi) is 4.81. The molecule has 0 aliphatic rings. The van der Waals surface area contributed by atoms with Gasteiger partial charge in [-0.2, -0.15) is 5.10 Å². The van der Waals surface area contributed by atoms with Gasteiger partial charge in [-0.1, -0.05) is 6.07 Å². The van der Waals surface area contributed by atoms with Gasteiger partial charge in [0, 0.05) is 37.0 Å². The van der Waals surface area contributed by atoms with E-state index >= 15 is 0 Å². The number of benzene rings is 1. The minimum atomic E-state index is 0.0136. The molecule has 6 nitrogen and oxygen atoms in total. The first-order valence-corrected chi connectivity index (χ1v) is 6.56. The van der Waals surface area contributed by atoms with Crippen LogP contribution in [0.2, 0.25) is 0 Å². The highest BCUT2D eigenvalue weighted by molar-refractivity contribution is 5.79. The van der Waals surface area contributed by atoms with Gasteiger partial charge in [-0.15, -0.1) is 0 Å². The van der Waals surface area contributed by atoms with Crippen LogP contribution in [0.1, 0.15) is 11.1 Å². The van der Waals surface area contributed by atoms with E-state index in [1.165, 1.54) is 0 Å². The van der Waals surface area contributed by atoms with Crippen LogP contribution in [-0.2, 0) is 17.8 Å². The average molecular weight is 289 g/mol. The second-order valence-corrected chi connectivity index (χ2v) is 4.71. The van der Waals surface area contributed by atoms with Crippen LogP contribution < -0.4 is 9.47 Å². The molecule has 0 bridgehead atoms. The maximum atomic E-state index is 12.3. The monoisotopic (exact) mass is 289 g/mol. The Bertz CT molecular complexity index is 596. The molecule has 1 heterocycles. The van der Waals surface area contributed by atoms with Crippen molar-refractivity contribution in [1.29, 1.82) is 0 Å². The van der Waals surface area contributed by atoms with Crippen molar-refractivity contribution in [1.82, 2.24) is 15.1 Å². The summed E-state index contributed by atoms with van der Waals surface area (Å²) in [5.41, 5.74) is 1.80. The van der Waals surface area contributed by atoms with E-state index in [1.54, 1.807) is 44.6 Å². The summed E-state index contributed by atoms with van der Waals surface area (Å²) >= 11 is 0. The number of aromatic amines is 1. The fourth-order valence-corrected chi connectivity index (χ4v) is 2.02. The first kappa shape index (κ1) is 14.9. The van der Waals surface area contributed by atoms with Crippen LogP contribution in [0.5, 0.6) is 11.5 Å². The summed E-state index contributed by atoms with van der Waals surface area (Å²) in [5, 5.41) is 6.60. The number of hydrogen-bond donors (Lipinski definition) is 1. The average Bonchev–Trinajstić information content (AvgIpc) is 3.00. The van der Waals surface area contributed by atoms with Crippen molar-refractivity contribution >= 4 is 5.91 Å². The largest absolute Gasteiger partial charge is 0.497 e. The molecule has 0 saturated heterocycles. The topological polar surface area (TPSA) is 67.5 Å². The predicted octanol–water partition coefficient (Wildman–Crippen LogP) is 1.63. The number of methoxy groups -OCH3 is 2. The molecule has 0 unspecified atom stereocenters. The van der Waals surface area contributed by atoms with Crippen molar-refractivity contribution < 1.29 is 14.3 Å². The third-order valence-electron chi connectivity index (χ3n) is 3.24. The van der Waals surface area contributed by atoms with Gasteiger partial charge >= 0.3 is 0 Å². The highest BCUT2D eigenvalue weighted by Gasteiger charge is 2.14. The number of carbonyl (C=O) groups excluding carboxylic acids is 1. The van der Waals surface area contributed by atoms with Crippen molar-refractivity contribution in [3.8, 4) is 11.5 Å². The lowest BCUT2D eigenvalue weighted by Gasteiger charge is -2.17. The number of H-pyrrole nitrogens is 1. The molecule has 0 atom stereocenters. The first-order valence-electron chi connectivity index (χ1n) is 6.56. The summed E-state index contributed by atoms with van der Waals surface area (Å²) < 4.78 is 10.5. The highest BCUT2D eigenvalue weighted by atomic mass is 16.5. The highest BCUT2D eigenvalue weighted by Crippen LogP contribution is 2.25. The molecule has 2 aromatic rings. The third kappa shape index (κ3) is 3.75. The second kappa shape index (κ2) is 6.78. The molecule has 1 N–H and O–H groups in total. The zero-order valence-corrected chi connectivity index (χ0v) is 12.4. The van der Waals surface area contributed by atoms with Crippen LogP contribution in [0, 0.1) is 0 Å². The molecule has 0 radical (unpaired) electrons. The molecule has 0 aliphatic carbocycles. The van der Waals surface area contributed by atoms with E-state index in [0.29, 0.717) is 18.0 Å². The minimum Gasteiger partial charge on any atom is -0.497 e. The van der Waals surface area contributed by atoms with Gasteiger partial charge in [-0.3, -0.25) is 9.89 Å². The number of nitrogens with zero attached hydrogens (tertiary/aromatic N) is 2. The lowest BCUT2D eigenvalue weighted by atomic mass is 10.1. The van der Waals surface area contributed by atoms with E-state index in [1.807, 2.05) is 12.1 Å². The zero-order valence-electron chi connectivity index (χ0n) is 12.4. The van der Waals surface area contributed by atoms with Gasteiger partial charge in [0.15, 0.2) is 0 Å². The van der Waals surface area contributed by atoms with Gasteiger partial charge in [0.2, 0.25) is 5.91 Å². The van der Waals surface area contributed by atoms with Crippen LogP contribution in [0.4, 0.5) is 0 Å². The summed E-state index contributed by atoms with van der Waals surface area (Å²) in [6.45, 7) is 0.522. The predicted molar refractivity (Wildman–Crippen MR) is 78.3 cm³/mol. The van der Waals surface area contributed by atoms with Crippen molar-refractivity contribution in [2.75, 3.05) is 21.3 Å². The summed E-state index contributed by atoms with van der Waals surface area (Å²) in [6.07, 6.45) is 3.76. The Labute approximate surface area is 123 Å². The van der Waals surface area contributed by atoms with E-state index in [0.717, 1.165) is 11.1 Å². The van der Waals surface area contributed by atoms with Crippen molar-refractivity contribution in [3.63, 3.8) is 0 Å². The van der Waals surface area contributed by atoms with E-state index in [4.69, 9.17) is 9.47 Å². The molecule has 0 saturated carbocycles. The number of aromatic nitrogens is 2. The van der Waals surface area contributed by atoms with Gasteiger partial charge in [0.1, 0.15) is 11.5 Å². The fraction of sp³-hybridized carbons (Fsp3) is 0.333. The molecule has 0 aliphatic heterocycles. The van der Waals surface area contributed by atoms with Crippen molar-refractivity contribution in [2.24, 2.45) is 0 Å². The van der Waals surface area contributed by atoms with E-state index in [2.05, 4.69) is 10.2 Å². The van der Waals surface area contributed by atoms with Crippen LogP contribution in [0.25, 0.3) is 0 Å². The number of carbonyl (C=O) groups is 1. The molecule has 1 aromatic carbocycles. The van der Waals surface area contributed by atoms with Crippen molar-refractivity contribution in [2.45, 2.75) is 13.0 Å². The molecular formula is C15H19N3O3. The molecule has 1 aromatic heterocycles. The van der Waals surface area contributed by atoms with Gasteiger partial charge in [0.25, 0.3) is 0 Å². The maximum absolute atomic E-state index is 12.3. The number of rotatable bonds is 6. The SMILES string of the molecule is COc1ccc(CC(=O)N(C)Cc2cn[nH]c2)c(OC)c1. The Morgan fingerprint density at radius 1 is 1.33 bits per heavy atom. The maximum Gasteiger partial charge on any atom is 0.227 e. The third-order valence-corrected chi connectivity index (χ3v) is 3.24. The minimum absolute atomic E-state index is 0.0136. The second-order valence-electron chi connectivity index (χ2n) is 4.71. The Balaban J connectivity index is 2.04. The number of likely N-dealkylation sites (N-methyl/N-ethyl adjacent to an activating group) is 1.